The molecule has 0 spiro atoms. The molecule has 0 radical (unpaired) electrons. The first-order chi connectivity index (χ1) is 17.4. The number of phenols is 2. The van der Waals surface area contributed by atoms with Gasteiger partial charge in [0.1, 0.15) is 17.2 Å². The number of carbonyl (C=O) groups is 3. The fourth-order valence-corrected chi connectivity index (χ4v) is 4.02. The van der Waals surface area contributed by atoms with Gasteiger partial charge in [0.2, 0.25) is 11.6 Å². The number of nitrogen functional groups attached to an aromatic ring is 2. The number of phenolic OH excluding ortho intramolecular Hbond substituents is 2. The Bertz CT molecular complexity index is 1390. The fraction of sp³-hybridized carbons (Fsp3) is 0.250. The van der Waals surface area contributed by atoms with Crippen molar-refractivity contribution in [2.45, 2.75) is 20.3 Å². The number of fused-ring (bicyclic) bond motifs is 2. The molecule has 0 fully saturated rings. The number of esters is 1. The van der Waals surface area contributed by atoms with E-state index in [9.17, 15) is 24.6 Å². The van der Waals surface area contributed by atoms with Crippen LogP contribution >= 0.6 is 0 Å². The van der Waals surface area contributed by atoms with Gasteiger partial charge in [-0.15, -0.1) is 0 Å². The van der Waals surface area contributed by atoms with Crippen molar-refractivity contribution in [1.82, 2.24) is 0 Å². The average molecular weight is 507 g/mol. The maximum absolute atomic E-state index is 13.3. The highest BCUT2D eigenvalue weighted by Gasteiger charge is 2.38. The van der Waals surface area contributed by atoms with E-state index < -0.39 is 23.1 Å². The number of rotatable bonds is 5. The zero-order chi connectivity index (χ0) is 27.7. The molecule has 6 N–H and O–H groups in total. The molecule has 0 unspecified atom stereocenters. The molecule has 1 aliphatic carbocycles. The van der Waals surface area contributed by atoms with Crippen molar-refractivity contribution >= 4 is 28.9 Å². The molecule has 1 aliphatic rings. The van der Waals surface area contributed by atoms with Crippen molar-refractivity contribution in [1.29, 1.82) is 0 Å². The van der Waals surface area contributed by atoms with Crippen molar-refractivity contribution in [3.8, 4) is 28.4 Å². The fourth-order valence-electron chi connectivity index (χ4n) is 4.02. The molecule has 194 valence electrons. The molecule has 0 atom stereocenters. The Morgan fingerprint density at radius 1 is 0.838 bits per heavy atom. The average Bonchev–Trinajstić information content (AvgIpc) is 2.85. The standard InChI is InChI=1S/C26H25N3O6.C2H6/c1-29(2,3)11-10-19(31)35-14-6-4-13(5-7-14)15-12-17(28)21-23(24(15)32)26(34)20-16(27)8-9-18(30)22(20)25(21)33;1-2/h4-9,12H,10-11H2,1-3H3,(H5-,27,28,30,32,33,34);1-2H3/p+1. The number of hydrogen-bond acceptors (Lipinski definition) is 8. The molecule has 3 aromatic carbocycles. The number of aromatic hydroxyl groups is 2. The quantitative estimate of drug-likeness (QED) is 0.105. The van der Waals surface area contributed by atoms with Crippen LogP contribution in [0.25, 0.3) is 11.1 Å². The number of benzene rings is 3. The summed E-state index contributed by atoms with van der Waals surface area (Å²) in [6.45, 7) is 4.62. The van der Waals surface area contributed by atoms with Crippen LogP contribution in [0.3, 0.4) is 0 Å². The smallest absolute Gasteiger partial charge is 0.316 e. The molecule has 0 aromatic heterocycles. The summed E-state index contributed by atoms with van der Waals surface area (Å²) in [6, 6.07) is 10.3. The molecule has 0 saturated carbocycles. The summed E-state index contributed by atoms with van der Waals surface area (Å²) < 4.78 is 6.00. The summed E-state index contributed by atoms with van der Waals surface area (Å²) in [4.78, 5) is 38.5. The largest absolute Gasteiger partial charge is 0.507 e. The molecule has 0 bridgehead atoms. The minimum atomic E-state index is -0.711. The summed E-state index contributed by atoms with van der Waals surface area (Å²) in [5.41, 5.74) is 11.9. The Hall–Kier alpha value is -4.37. The molecule has 9 heteroatoms. The van der Waals surface area contributed by atoms with Crippen molar-refractivity contribution in [3.05, 3.63) is 64.7 Å². The number of anilines is 2. The van der Waals surface area contributed by atoms with Crippen molar-refractivity contribution in [2.24, 2.45) is 0 Å². The lowest BCUT2D eigenvalue weighted by Crippen LogP contribution is -2.36. The lowest BCUT2D eigenvalue weighted by molar-refractivity contribution is -0.869. The SMILES string of the molecule is CC.C[N+](C)(C)CCC(=O)Oc1ccc(-c2cc(N)c3c(c2O)C(=O)c2c(N)ccc(O)c2C3=O)cc1. The van der Waals surface area contributed by atoms with Crippen molar-refractivity contribution in [2.75, 3.05) is 39.2 Å². The second-order valence-corrected chi connectivity index (χ2v) is 9.46. The van der Waals surface area contributed by atoms with Crippen LogP contribution in [-0.2, 0) is 4.79 Å². The van der Waals surface area contributed by atoms with Gasteiger partial charge >= 0.3 is 5.97 Å². The van der Waals surface area contributed by atoms with Gasteiger partial charge in [-0.3, -0.25) is 14.4 Å². The van der Waals surface area contributed by atoms with Crippen molar-refractivity contribution in [3.63, 3.8) is 0 Å². The molecule has 0 heterocycles. The van der Waals surface area contributed by atoms with E-state index in [0.717, 1.165) is 0 Å². The van der Waals surface area contributed by atoms with E-state index in [2.05, 4.69) is 0 Å². The maximum Gasteiger partial charge on any atom is 0.316 e. The normalized spacial score (nSPS) is 12.2. The molecule has 0 aliphatic heterocycles. The first-order valence-corrected chi connectivity index (χ1v) is 11.9. The minimum absolute atomic E-state index is 0.00149. The van der Waals surface area contributed by atoms with Gasteiger partial charge in [-0.2, -0.15) is 0 Å². The van der Waals surface area contributed by atoms with Crippen molar-refractivity contribution < 1.29 is 33.8 Å². The topological polar surface area (TPSA) is 153 Å². The number of hydrogen-bond donors (Lipinski definition) is 4. The van der Waals surface area contributed by atoms with Crippen LogP contribution in [0.2, 0.25) is 0 Å². The van der Waals surface area contributed by atoms with E-state index in [1.165, 1.54) is 18.2 Å². The second-order valence-electron chi connectivity index (χ2n) is 9.46. The predicted octanol–water partition coefficient (Wildman–Crippen LogP) is 3.73. The Morgan fingerprint density at radius 2 is 1.41 bits per heavy atom. The third kappa shape index (κ3) is 5.26. The van der Waals surface area contributed by atoms with E-state index in [1.54, 1.807) is 24.3 Å². The van der Waals surface area contributed by atoms with Gasteiger partial charge in [-0.1, -0.05) is 26.0 Å². The number of ether oxygens (including phenoxy) is 1. The third-order valence-electron chi connectivity index (χ3n) is 5.84. The minimum Gasteiger partial charge on any atom is -0.507 e. The van der Waals surface area contributed by atoms with Gasteiger partial charge in [0.25, 0.3) is 0 Å². The van der Waals surface area contributed by atoms with Crippen LogP contribution in [0, 0.1) is 0 Å². The first kappa shape index (κ1) is 27.2. The highest BCUT2D eigenvalue weighted by atomic mass is 16.5. The van der Waals surface area contributed by atoms with E-state index >= 15 is 0 Å². The highest BCUT2D eigenvalue weighted by molar-refractivity contribution is 6.33. The van der Waals surface area contributed by atoms with E-state index in [4.69, 9.17) is 16.2 Å². The van der Waals surface area contributed by atoms with Gasteiger partial charge in [0, 0.05) is 16.9 Å². The molecular weight excluding hydrogens is 474 g/mol. The van der Waals surface area contributed by atoms with Gasteiger partial charge < -0.3 is 30.9 Å². The van der Waals surface area contributed by atoms with E-state index in [0.29, 0.717) is 22.3 Å². The summed E-state index contributed by atoms with van der Waals surface area (Å²) in [6.07, 6.45) is 0.254. The van der Waals surface area contributed by atoms with Gasteiger partial charge in [-0.25, -0.2) is 0 Å². The molecule has 9 nitrogen and oxygen atoms in total. The van der Waals surface area contributed by atoms with Crippen LogP contribution < -0.4 is 16.2 Å². The summed E-state index contributed by atoms with van der Waals surface area (Å²) in [5, 5.41) is 21.2. The predicted molar refractivity (Wildman–Crippen MR) is 142 cm³/mol. The Balaban J connectivity index is 0.00000186. The number of quaternary nitrogens is 1. The van der Waals surface area contributed by atoms with Crippen LogP contribution in [0.1, 0.15) is 52.1 Å². The number of ketones is 2. The first-order valence-electron chi connectivity index (χ1n) is 11.9. The van der Waals surface area contributed by atoms with Crippen LogP contribution in [-0.4, -0.2) is 59.9 Å². The highest BCUT2D eigenvalue weighted by Crippen LogP contribution is 2.45. The number of carbonyl (C=O) groups excluding carboxylic acids is 3. The maximum atomic E-state index is 13.3. The lowest BCUT2D eigenvalue weighted by Gasteiger charge is -2.23. The number of nitrogens with two attached hydrogens (primary N) is 2. The Kier molecular flexibility index (Phi) is 7.59. The zero-order valence-electron chi connectivity index (χ0n) is 21.6. The zero-order valence-corrected chi connectivity index (χ0v) is 21.6. The molecule has 37 heavy (non-hydrogen) atoms. The summed E-state index contributed by atoms with van der Waals surface area (Å²) >= 11 is 0. The number of nitrogens with zero attached hydrogens (tertiary/aromatic N) is 1. The molecule has 4 rings (SSSR count). The summed E-state index contributed by atoms with van der Waals surface area (Å²) in [5.74, 6) is -2.28. The van der Waals surface area contributed by atoms with Crippen LogP contribution in [0.15, 0.2) is 42.5 Å². The Labute approximate surface area is 215 Å². The van der Waals surface area contributed by atoms with Gasteiger partial charge in [0.05, 0.1) is 56.4 Å². The van der Waals surface area contributed by atoms with E-state index in [-0.39, 0.29) is 51.6 Å². The molecule has 0 saturated heterocycles. The van der Waals surface area contributed by atoms with E-state index in [1.807, 2.05) is 35.0 Å². The molecule has 3 aromatic rings. The lowest BCUT2D eigenvalue weighted by atomic mass is 9.80. The van der Waals surface area contributed by atoms with Crippen LogP contribution in [0.4, 0.5) is 11.4 Å². The second kappa shape index (κ2) is 10.3. The molecule has 0 amide bonds. The Morgan fingerprint density at radius 3 is 2.00 bits per heavy atom. The van der Waals surface area contributed by atoms with Gasteiger partial charge in [-0.05, 0) is 35.9 Å². The van der Waals surface area contributed by atoms with Crippen LogP contribution in [0.5, 0.6) is 17.2 Å². The summed E-state index contributed by atoms with van der Waals surface area (Å²) in [7, 11) is 5.94. The van der Waals surface area contributed by atoms with Gasteiger partial charge in [0.15, 0.2) is 0 Å². The third-order valence-corrected chi connectivity index (χ3v) is 5.84. The molecular formula is C28H32N3O6+. The monoisotopic (exact) mass is 506 g/mol.